The molecule has 0 saturated carbocycles. The van der Waals surface area contributed by atoms with Crippen LogP contribution in [0, 0.1) is 0 Å². The number of rotatable bonds is 8. The van der Waals surface area contributed by atoms with E-state index in [-0.39, 0.29) is 13.7 Å². The highest BCUT2D eigenvalue weighted by molar-refractivity contribution is 6.98. The smallest absolute Gasteiger partial charge is 0.330 e. The van der Waals surface area contributed by atoms with Gasteiger partial charge in [-0.3, -0.25) is 0 Å². The molecular formula is C66H44B2N4. The van der Waals surface area contributed by atoms with Crippen LogP contribution in [0.3, 0.4) is 0 Å². The van der Waals surface area contributed by atoms with Gasteiger partial charge in [-0.2, -0.15) is 0 Å². The van der Waals surface area contributed by atoms with Crippen molar-refractivity contribution in [2.45, 2.75) is 0 Å². The zero-order valence-corrected chi connectivity index (χ0v) is 39.3. The summed E-state index contributed by atoms with van der Waals surface area (Å²) in [6.45, 7) is -0.204. The minimum Gasteiger partial charge on any atom is -0.376 e. The highest BCUT2D eigenvalue weighted by Crippen LogP contribution is 2.55. The van der Waals surface area contributed by atoms with Crippen LogP contribution in [-0.2, 0) is 0 Å². The zero-order chi connectivity index (χ0) is 47.3. The average molecular weight is 915 g/mol. The first kappa shape index (κ1) is 40.6. The van der Waals surface area contributed by atoms with Crippen molar-refractivity contribution in [3.05, 3.63) is 267 Å². The zero-order valence-electron chi connectivity index (χ0n) is 39.3. The Morgan fingerprint density at radius 3 is 0.889 bits per heavy atom. The van der Waals surface area contributed by atoms with Crippen LogP contribution in [0.1, 0.15) is 0 Å². The molecule has 4 aliphatic heterocycles. The molecule has 0 amide bonds. The maximum absolute atomic E-state index is 2.62. The van der Waals surface area contributed by atoms with Crippen molar-refractivity contribution >= 4 is 92.4 Å². The molecule has 0 aromatic heterocycles. The third kappa shape index (κ3) is 5.96. The van der Waals surface area contributed by atoms with Crippen molar-refractivity contribution in [2.24, 2.45) is 0 Å². The molecule has 0 N–H and O–H groups in total. The van der Waals surface area contributed by atoms with Crippen LogP contribution in [0.25, 0.3) is 44.5 Å². The number of hydrogen-bond acceptors (Lipinski definition) is 4. The van der Waals surface area contributed by atoms with E-state index in [1.54, 1.807) is 0 Å². The molecule has 6 heteroatoms. The SMILES string of the molecule is c1ccc(N2B3c4ccc(N(c5ccccc5)c5ccccc5)cc4-c4c3c(c3c5c4-c4cc(N(c6ccccc6)c6ccccc6)ccc4B5N(c4ccccc4)c4ccccc4-3)-c3ccccc32)cc1. The van der Waals surface area contributed by atoms with E-state index in [2.05, 4.69) is 286 Å². The van der Waals surface area contributed by atoms with Gasteiger partial charge in [0.1, 0.15) is 0 Å². The van der Waals surface area contributed by atoms with Crippen molar-refractivity contribution in [3.8, 4) is 44.5 Å². The lowest BCUT2D eigenvalue weighted by atomic mass is 9.44. The summed E-state index contributed by atoms with van der Waals surface area (Å²) in [6.07, 6.45) is 0. The summed E-state index contributed by atoms with van der Waals surface area (Å²) >= 11 is 0. The van der Waals surface area contributed by atoms with Crippen molar-refractivity contribution in [1.82, 2.24) is 0 Å². The van der Waals surface area contributed by atoms with Gasteiger partial charge in [-0.05, 0) is 164 Å². The molecule has 334 valence electrons. The minimum atomic E-state index is -0.102. The number of para-hydroxylation sites is 8. The van der Waals surface area contributed by atoms with Crippen LogP contribution < -0.4 is 41.3 Å². The Balaban J connectivity index is 1.10. The van der Waals surface area contributed by atoms with Gasteiger partial charge in [0, 0.05) is 68.0 Å². The van der Waals surface area contributed by atoms with Gasteiger partial charge >= 0.3 is 13.7 Å². The standard InChI is InChI=1S/C66H44B2N4/c1-7-23-45(24-8-1)69(46-25-9-2-10-26-46)51-39-41-57-55(43-51)63-64-56-44-52(70(47-27-11-3-12-28-47)48-29-13-4-14-30-48)40-42-58(56)68-66(64)62(54-36-20-22-38-60(54)72(68)50-33-17-6-18-34-50)61-53-35-19-21-37-59(53)71(67(57)65(61)63)49-31-15-5-16-32-49/h1-44H. The lowest BCUT2D eigenvalue weighted by molar-refractivity contribution is 1.28. The molecule has 11 aromatic carbocycles. The van der Waals surface area contributed by atoms with Gasteiger partial charge in [0.25, 0.3) is 0 Å². The van der Waals surface area contributed by atoms with Crippen LogP contribution in [0.4, 0.5) is 56.9 Å². The molecule has 15 rings (SSSR count). The molecule has 0 spiro atoms. The molecule has 11 aromatic rings. The summed E-state index contributed by atoms with van der Waals surface area (Å²) in [5.74, 6) is 0. The molecule has 0 fully saturated rings. The van der Waals surface area contributed by atoms with E-state index in [0.29, 0.717) is 0 Å². The molecule has 72 heavy (non-hydrogen) atoms. The predicted octanol–water partition coefficient (Wildman–Crippen LogP) is 14.4. The van der Waals surface area contributed by atoms with Crippen LogP contribution >= 0.6 is 0 Å². The van der Waals surface area contributed by atoms with Crippen LogP contribution in [0.2, 0.25) is 0 Å². The molecule has 4 nitrogen and oxygen atoms in total. The number of hydrogen-bond donors (Lipinski definition) is 0. The Morgan fingerprint density at radius 2 is 0.542 bits per heavy atom. The van der Waals surface area contributed by atoms with Gasteiger partial charge in [0.15, 0.2) is 0 Å². The average Bonchev–Trinajstić information content (AvgIpc) is 3.96. The van der Waals surface area contributed by atoms with Gasteiger partial charge in [0.2, 0.25) is 0 Å². The third-order valence-corrected chi connectivity index (χ3v) is 15.4. The van der Waals surface area contributed by atoms with E-state index >= 15 is 0 Å². The lowest BCUT2D eigenvalue weighted by Gasteiger charge is -2.42. The summed E-state index contributed by atoms with van der Waals surface area (Å²) in [6, 6.07) is 98.3. The van der Waals surface area contributed by atoms with E-state index in [1.165, 1.54) is 89.1 Å². The second kappa shape index (κ2) is 16.2. The van der Waals surface area contributed by atoms with Gasteiger partial charge in [-0.25, -0.2) is 0 Å². The Morgan fingerprint density at radius 1 is 0.250 bits per heavy atom. The predicted molar refractivity (Wildman–Crippen MR) is 305 cm³/mol. The molecule has 0 unspecified atom stereocenters. The van der Waals surface area contributed by atoms with E-state index < -0.39 is 0 Å². The number of fused-ring (bicyclic) bond motifs is 12. The normalized spacial score (nSPS) is 12.9. The first-order valence-electron chi connectivity index (χ1n) is 25.0. The topological polar surface area (TPSA) is 13.0 Å². The fourth-order valence-corrected chi connectivity index (χ4v) is 12.6. The molecule has 0 aliphatic carbocycles. The summed E-state index contributed by atoms with van der Waals surface area (Å²) < 4.78 is 0. The molecule has 4 aliphatic rings. The minimum absolute atomic E-state index is 0.102. The molecule has 4 heterocycles. The second-order valence-electron chi connectivity index (χ2n) is 19.1. The van der Waals surface area contributed by atoms with E-state index in [0.717, 1.165) is 34.1 Å². The molecular weight excluding hydrogens is 870 g/mol. The van der Waals surface area contributed by atoms with Crippen LogP contribution in [0.15, 0.2) is 267 Å². The molecule has 0 radical (unpaired) electrons. The Kier molecular flexibility index (Phi) is 9.12. The quantitative estimate of drug-likeness (QED) is 0.141. The molecule has 0 atom stereocenters. The monoisotopic (exact) mass is 914 g/mol. The maximum Gasteiger partial charge on any atom is 0.330 e. The van der Waals surface area contributed by atoms with Gasteiger partial charge in [0.05, 0.1) is 0 Å². The summed E-state index contributed by atoms with van der Waals surface area (Å²) in [4.78, 5) is 10.1. The van der Waals surface area contributed by atoms with Gasteiger partial charge < -0.3 is 19.4 Å². The van der Waals surface area contributed by atoms with Crippen molar-refractivity contribution in [2.75, 3.05) is 19.4 Å². The molecule has 0 saturated heterocycles. The fraction of sp³-hybridized carbons (Fsp3) is 0. The summed E-state index contributed by atoms with van der Waals surface area (Å²) in [5.41, 5.74) is 27.2. The van der Waals surface area contributed by atoms with Crippen molar-refractivity contribution < 1.29 is 0 Å². The van der Waals surface area contributed by atoms with Gasteiger partial charge in [-0.15, -0.1) is 0 Å². The highest BCUT2D eigenvalue weighted by Gasteiger charge is 2.53. The number of anilines is 10. The Hall–Kier alpha value is -9.25. The van der Waals surface area contributed by atoms with Crippen LogP contribution in [0.5, 0.6) is 0 Å². The van der Waals surface area contributed by atoms with E-state index in [1.807, 2.05) is 0 Å². The summed E-state index contributed by atoms with van der Waals surface area (Å²) in [7, 11) is 0. The highest BCUT2D eigenvalue weighted by atomic mass is 15.2. The van der Waals surface area contributed by atoms with E-state index in [9.17, 15) is 0 Å². The summed E-state index contributed by atoms with van der Waals surface area (Å²) in [5, 5.41) is 0. The first-order chi connectivity index (χ1) is 35.8. The maximum atomic E-state index is 2.62. The lowest BCUT2D eigenvalue weighted by Crippen LogP contribution is -2.58. The second-order valence-corrected chi connectivity index (χ2v) is 19.1. The molecule has 0 bridgehead atoms. The van der Waals surface area contributed by atoms with Gasteiger partial charge in [-0.1, -0.05) is 158 Å². The van der Waals surface area contributed by atoms with Crippen LogP contribution in [-0.4, -0.2) is 13.7 Å². The number of nitrogens with zero attached hydrogens (tertiary/aromatic N) is 4. The van der Waals surface area contributed by atoms with Crippen molar-refractivity contribution in [1.29, 1.82) is 0 Å². The van der Waals surface area contributed by atoms with E-state index in [4.69, 9.17) is 0 Å². The Bertz CT molecular complexity index is 3560. The fourth-order valence-electron chi connectivity index (χ4n) is 12.6. The third-order valence-electron chi connectivity index (χ3n) is 15.4. The first-order valence-corrected chi connectivity index (χ1v) is 25.0. The largest absolute Gasteiger partial charge is 0.376 e. The Labute approximate surface area is 421 Å². The van der Waals surface area contributed by atoms with Crippen molar-refractivity contribution in [3.63, 3.8) is 0 Å². The number of benzene rings is 11.